The second-order valence-electron chi connectivity index (χ2n) is 10.4. The van der Waals surface area contributed by atoms with Crippen LogP contribution < -0.4 is 20.4 Å². The first-order valence-electron chi connectivity index (χ1n) is 14.5. The summed E-state index contributed by atoms with van der Waals surface area (Å²) in [6.07, 6.45) is 7.98. The summed E-state index contributed by atoms with van der Waals surface area (Å²) >= 11 is 0. The molecule has 1 aliphatic rings. The van der Waals surface area contributed by atoms with Crippen molar-refractivity contribution in [3.05, 3.63) is 120 Å². The molecule has 0 saturated carbocycles. The lowest BCUT2D eigenvalue weighted by Crippen LogP contribution is -2.24. The van der Waals surface area contributed by atoms with Gasteiger partial charge in [0.1, 0.15) is 24.2 Å². The standard InChI is InChI=1S/C35H30N6O4/c36-21-26-22-39-31-20-33(45-29-12-16-38-17-13-29)32(40-34(43)18-24-10-14-37-15-11-24)19-30(31)35(26)41(27-4-2-1-3-5-27)44-23-25-6-8-28(42)9-7-25/h1-9,12-13,16-20,22,37,42H,10-11,14-15,23H2,(H,40,43). The Morgan fingerprint density at radius 3 is 2.53 bits per heavy atom. The molecule has 1 fully saturated rings. The second-order valence-corrected chi connectivity index (χ2v) is 10.4. The van der Waals surface area contributed by atoms with Crippen LogP contribution in [0.3, 0.4) is 0 Å². The number of benzene rings is 3. The molecular weight excluding hydrogens is 568 g/mol. The van der Waals surface area contributed by atoms with E-state index >= 15 is 0 Å². The van der Waals surface area contributed by atoms with Gasteiger partial charge in [-0.05, 0) is 74.0 Å². The molecule has 224 valence electrons. The summed E-state index contributed by atoms with van der Waals surface area (Å²) in [7, 11) is 0. The zero-order valence-corrected chi connectivity index (χ0v) is 24.3. The zero-order valence-electron chi connectivity index (χ0n) is 24.3. The van der Waals surface area contributed by atoms with E-state index in [9.17, 15) is 15.2 Å². The molecule has 3 N–H and O–H groups in total. The van der Waals surface area contributed by atoms with Crippen molar-refractivity contribution in [1.29, 1.82) is 5.26 Å². The van der Waals surface area contributed by atoms with Gasteiger partial charge in [0, 0.05) is 36.1 Å². The Balaban J connectivity index is 1.47. The summed E-state index contributed by atoms with van der Waals surface area (Å²) < 4.78 is 6.21. The highest BCUT2D eigenvalue weighted by Gasteiger charge is 2.22. The molecule has 3 aromatic carbocycles. The average molecular weight is 599 g/mol. The van der Waals surface area contributed by atoms with E-state index in [2.05, 4.69) is 26.7 Å². The molecule has 10 nitrogen and oxygen atoms in total. The molecule has 0 spiro atoms. The number of phenolic OH excluding ortho intramolecular Hbond substituents is 1. The predicted octanol–water partition coefficient (Wildman–Crippen LogP) is 6.52. The summed E-state index contributed by atoms with van der Waals surface area (Å²) in [6, 6.07) is 25.3. The number of hydrogen-bond acceptors (Lipinski definition) is 9. The number of fused-ring (bicyclic) bond motifs is 1. The van der Waals surface area contributed by atoms with Gasteiger partial charge in [0.25, 0.3) is 0 Å². The van der Waals surface area contributed by atoms with E-state index in [4.69, 9.17) is 9.57 Å². The van der Waals surface area contributed by atoms with Crippen LogP contribution in [-0.4, -0.2) is 34.1 Å². The normalized spacial score (nSPS) is 12.7. The van der Waals surface area contributed by atoms with Crippen molar-refractivity contribution >= 4 is 33.9 Å². The van der Waals surface area contributed by atoms with Crippen LogP contribution in [0.15, 0.2) is 109 Å². The monoisotopic (exact) mass is 598 g/mol. The highest BCUT2D eigenvalue weighted by atomic mass is 16.7. The number of para-hydroxylation sites is 1. The molecule has 45 heavy (non-hydrogen) atoms. The number of pyridine rings is 2. The van der Waals surface area contributed by atoms with Crippen LogP contribution in [0.25, 0.3) is 10.9 Å². The lowest BCUT2D eigenvalue weighted by atomic mass is 10.0. The molecule has 3 heterocycles. The Kier molecular flexibility index (Phi) is 8.92. The predicted molar refractivity (Wildman–Crippen MR) is 171 cm³/mol. The molecule has 6 rings (SSSR count). The zero-order chi connectivity index (χ0) is 31.0. The van der Waals surface area contributed by atoms with Gasteiger partial charge in [-0.3, -0.25) is 19.6 Å². The molecule has 0 unspecified atom stereocenters. The van der Waals surface area contributed by atoms with E-state index in [1.165, 1.54) is 6.20 Å². The van der Waals surface area contributed by atoms with Gasteiger partial charge < -0.3 is 20.5 Å². The lowest BCUT2D eigenvalue weighted by molar-refractivity contribution is -0.112. The van der Waals surface area contributed by atoms with Gasteiger partial charge in [-0.2, -0.15) is 5.26 Å². The van der Waals surface area contributed by atoms with Gasteiger partial charge in [-0.25, -0.2) is 5.06 Å². The van der Waals surface area contributed by atoms with E-state index in [0.29, 0.717) is 39.5 Å². The molecular formula is C35H30N6O4. The van der Waals surface area contributed by atoms with E-state index in [1.54, 1.807) is 72.1 Å². The highest BCUT2D eigenvalue weighted by molar-refractivity contribution is 6.05. The van der Waals surface area contributed by atoms with E-state index in [0.717, 1.165) is 37.1 Å². The Morgan fingerprint density at radius 1 is 1.04 bits per heavy atom. The van der Waals surface area contributed by atoms with Gasteiger partial charge >= 0.3 is 0 Å². The fraction of sp³-hybridized carbons (Fsp3) is 0.143. The number of ether oxygens (including phenoxy) is 1. The molecule has 0 atom stereocenters. The number of carbonyl (C=O) groups is 1. The number of nitrogens with one attached hydrogen (secondary N) is 2. The van der Waals surface area contributed by atoms with Crippen LogP contribution in [0, 0.1) is 11.3 Å². The second kappa shape index (κ2) is 13.7. The first-order chi connectivity index (χ1) is 22.1. The van der Waals surface area contributed by atoms with E-state index in [-0.39, 0.29) is 23.8 Å². The van der Waals surface area contributed by atoms with Crippen molar-refractivity contribution in [1.82, 2.24) is 15.3 Å². The molecule has 10 heteroatoms. The van der Waals surface area contributed by atoms with Crippen LogP contribution >= 0.6 is 0 Å². The van der Waals surface area contributed by atoms with Crippen molar-refractivity contribution < 1.29 is 19.5 Å². The van der Waals surface area contributed by atoms with Crippen molar-refractivity contribution in [3.63, 3.8) is 0 Å². The molecule has 1 aliphatic heterocycles. The first kappa shape index (κ1) is 29.3. The van der Waals surface area contributed by atoms with Gasteiger partial charge in [-0.1, -0.05) is 35.9 Å². The van der Waals surface area contributed by atoms with Gasteiger partial charge in [0.15, 0.2) is 5.75 Å². The Hall–Kier alpha value is -5.76. The van der Waals surface area contributed by atoms with Gasteiger partial charge in [-0.15, -0.1) is 0 Å². The fourth-order valence-electron chi connectivity index (χ4n) is 5.03. The number of carbonyl (C=O) groups excluding carboxylic acids is 1. The minimum absolute atomic E-state index is 0.152. The number of aromatic nitrogens is 2. The maximum atomic E-state index is 13.3. The third-order valence-electron chi connectivity index (χ3n) is 7.27. The molecule has 0 bridgehead atoms. The van der Waals surface area contributed by atoms with Crippen LogP contribution in [0.1, 0.15) is 24.0 Å². The van der Waals surface area contributed by atoms with Crippen molar-refractivity contribution in [2.75, 3.05) is 23.5 Å². The quantitative estimate of drug-likeness (QED) is 0.128. The molecule has 2 aromatic heterocycles. The Labute approximate surface area is 260 Å². The van der Waals surface area contributed by atoms with E-state index in [1.807, 2.05) is 30.3 Å². The number of nitriles is 1. The van der Waals surface area contributed by atoms with Crippen LogP contribution in [0.2, 0.25) is 0 Å². The topological polar surface area (TPSA) is 133 Å². The minimum Gasteiger partial charge on any atom is -0.508 e. The number of amides is 1. The minimum atomic E-state index is -0.278. The molecule has 0 radical (unpaired) electrons. The summed E-state index contributed by atoms with van der Waals surface area (Å²) in [6.45, 7) is 1.81. The number of nitrogens with zero attached hydrogens (tertiary/aromatic N) is 4. The summed E-state index contributed by atoms with van der Waals surface area (Å²) in [5.74, 6) is 0.791. The number of anilines is 3. The van der Waals surface area contributed by atoms with Crippen molar-refractivity contribution in [3.8, 4) is 23.3 Å². The maximum Gasteiger partial charge on any atom is 0.248 e. The van der Waals surface area contributed by atoms with Crippen molar-refractivity contribution in [2.45, 2.75) is 19.4 Å². The number of piperidine rings is 1. The Morgan fingerprint density at radius 2 is 1.80 bits per heavy atom. The number of rotatable bonds is 9. The van der Waals surface area contributed by atoms with Crippen LogP contribution in [0.5, 0.6) is 17.2 Å². The summed E-state index contributed by atoms with van der Waals surface area (Å²) in [4.78, 5) is 28.3. The maximum absolute atomic E-state index is 13.3. The number of phenols is 1. The van der Waals surface area contributed by atoms with Crippen LogP contribution in [-0.2, 0) is 16.2 Å². The van der Waals surface area contributed by atoms with Crippen molar-refractivity contribution in [2.24, 2.45) is 0 Å². The van der Waals surface area contributed by atoms with Gasteiger partial charge in [0.2, 0.25) is 5.91 Å². The molecule has 1 amide bonds. The Bertz CT molecular complexity index is 1860. The smallest absolute Gasteiger partial charge is 0.248 e. The largest absolute Gasteiger partial charge is 0.508 e. The third-order valence-corrected chi connectivity index (χ3v) is 7.27. The average Bonchev–Trinajstić information content (AvgIpc) is 3.07. The summed E-state index contributed by atoms with van der Waals surface area (Å²) in [5, 5.41) is 28.4. The van der Waals surface area contributed by atoms with E-state index < -0.39 is 0 Å². The third kappa shape index (κ3) is 7.08. The number of hydrogen-bond donors (Lipinski definition) is 3. The molecule has 5 aromatic rings. The van der Waals surface area contributed by atoms with Crippen LogP contribution in [0.4, 0.5) is 17.1 Å². The summed E-state index contributed by atoms with van der Waals surface area (Å²) in [5.41, 5.74) is 4.22. The molecule has 1 saturated heterocycles. The number of aromatic hydroxyl groups is 1. The van der Waals surface area contributed by atoms with Gasteiger partial charge in [0.05, 0.1) is 28.1 Å². The SMILES string of the molecule is N#Cc1cnc2cc(Oc3ccncc3)c(NC(=O)C=C3CCNCC3)cc2c1N(OCc1ccc(O)cc1)c1ccccc1. The highest BCUT2D eigenvalue weighted by Crippen LogP contribution is 2.41. The lowest BCUT2D eigenvalue weighted by Gasteiger charge is -2.26. The fourth-order valence-corrected chi connectivity index (χ4v) is 5.03. The molecule has 0 aliphatic carbocycles. The first-order valence-corrected chi connectivity index (χ1v) is 14.5.